The first kappa shape index (κ1) is 14.0. The number of carbonyl (C=O) groups is 1. The minimum absolute atomic E-state index is 0.249. The van der Waals surface area contributed by atoms with Crippen molar-refractivity contribution in [2.24, 2.45) is 10.7 Å². The lowest BCUT2D eigenvalue weighted by molar-refractivity contribution is -0.141. The van der Waals surface area contributed by atoms with Gasteiger partial charge in [-0.3, -0.25) is 4.79 Å². The van der Waals surface area contributed by atoms with Crippen molar-refractivity contribution in [2.45, 2.75) is 13.5 Å². The highest BCUT2D eigenvalue weighted by Gasteiger charge is 2.21. The fourth-order valence-electron chi connectivity index (χ4n) is 1.80. The van der Waals surface area contributed by atoms with Crippen LogP contribution in [0.15, 0.2) is 17.1 Å². The van der Waals surface area contributed by atoms with Gasteiger partial charge in [-0.1, -0.05) is 23.2 Å². The van der Waals surface area contributed by atoms with Gasteiger partial charge in [-0.25, -0.2) is 4.99 Å². The van der Waals surface area contributed by atoms with E-state index in [9.17, 15) is 4.79 Å². The molecule has 5 nitrogen and oxygen atoms in total. The van der Waals surface area contributed by atoms with Crippen LogP contribution in [-0.4, -0.2) is 30.0 Å². The summed E-state index contributed by atoms with van der Waals surface area (Å²) in [4.78, 5) is 16.8. The second-order valence-corrected chi connectivity index (χ2v) is 4.88. The number of ether oxygens (including phenoxy) is 1. The van der Waals surface area contributed by atoms with Crippen molar-refractivity contribution in [3.8, 4) is 0 Å². The van der Waals surface area contributed by atoms with E-state index in [1.54, 1.807) is 17.0 Å². The zero-order valence-corrected chi connectivity index (χ0v) is 11.8. The largest absolute Gasteiger partial charge is 0.464 e. The van der Waals surface area contributed by atoms with Gasteiger partial charge in [0, 0.05) is 19.0 Å². The number of carbonyl (C=O) groups excluding carboxylic acids is 1. The molecule has 0 fully saturated rings. The van der Waals surface area contributed by atoms with Crippen molar-refractivity contribution in [3.63, 3.8) is 0 Å². The summed E-state index contributed by atoms with van der Waals surface area (Å²) in [5.41, 5.74) is 7.40. The van der Waals surface area contributed by atoms with Gasteiger partial charge in [0.2, 0.25) is 0 Å². The Kier molecular flexibility index (Phi) is 4.17. The summed E-state index contributed by atoms with van der Waals surface area (Å²) in [6, 6.07) is 3.47. The van der Waals surface area contributed by atoms with Gasteiger partial charge in [-0.2, -0.15) is 0 Å². The maximum absolute atomic E-state index is 10.7. The van der Waals surface area contributed by atoms with E-state index in [1.165, 1.54) is 6.92 Å². The smallest absolute Gasteiger partial charge is 0.302 e. The highest BCUT2D eigenvalue weighted by molar-refractivity contribution is 6.42. The molecule has 0 saturated carbocycles. The van der Waals surface area contributed by atoms with Crippen LogP contribution in [0, 0.1) is 0 Å². The van der Waals surface area contributed by atoms with Crippen LogP contribution in [0.4, 0.5) is 5.69 Å². The van der Waals surface area contributed by atoms with Gasteiger partial charge in [0.05, 0.1) is 22.3 Å². The second kappa shape index (κ2) is 5.67. The van der Waals surface area contributed by atoms with Gasteiger partial charge in [-0.05, 0) is 12.1 Å². The standard InChI is InChI=1S/C12H13Cl2N3O2/c1-7(18)19-5-4-17-6-8-10(16-12(17)15)3-2-9(13)11(8)14/h2-3H,4-6H2,1H3,(H2,15,16). The summed E-state index contributed by atoms with van der Waals surface area (Å²) in [6.45, 7) is 2.56. The number of aliphatic imine (C=N–C) groups is 1. The molecule has 0 aliphatic carbocycles. The molecule has 102 valence electrons. The van der Waals surface area contributed by atoms with Crippen molar-refractivity contribution in [3.05, 3.63) is 27.7 Å². The van der Waals surface area contributed by atoms with E-state index in [1.807, 2.05) is 0 Å². The Bertz CT molecular complexity index is 546. The molecule has 0 atom stereocenters. The Morgan fingerprint density at radius 3 is 2.95 bits per heavy atom. The predicted molar refractivity (Wildman–Crippen MR) is 74.8 cm³/mol. The molecule has 1 heterocycles. The third-order valence-electron chi connectivity index (χ3n) is 2.75. The highest BCUT2D eigenvalue weighted by Crippen LogP contribution is 2.36. The van der Waals surface area contributed by atoms with Gasteiger partial charge < -0.3 is 15.4 Å². The van der Waals surface area contributed by atoms with Gasteiger partial charge in [-0.15, -0.1) is 0 Å². The van der Waals surface area contributed by atoms with Gasteiger partial charge >= 0.3 is 5.97 Å². The second-order valence-electron chi connectivity index (χ2n) is 4.09. The molecule has 7 heteroatoms. The average molecular weight is 302 g/mol. The van der Waals surface area contributed by atoms with Crippen molar-refractivity contribution in [1.82, 2.24) is 4.90 Å². The van der Waals surface area contributed by atoms with Crippen molar-refractivity contribution >= 4 is 40.8 Å². The van der Waals surface area contributed by atoms with Crippen LogP contribution in [0.25, 0.3) is 0 Å². The van der Waals surface area contributed by atoms with Gasteiger partial charge in [0.25, 0.3) is 0 Å². The van der Waals surface area contributed by atoms with E-state index in [0.29, 0.717) is 29.1 Å². The van der Waals surface area contributed by atoms with Crippen LogP contribution < -0.4 is 5.73 Å². The van der Waals surface area contributed by atoms with Crippen LogP contribution >= 0.6 is 23.2 Å². The zero-order valence-electron chi connectivity index (χ0n) is 10.3. The number of nitrogens with two attached hydrogens (primary N) is 1. The van der Waals surface area contributed by atoms with E-state index in [0.717, 1.165) is 11.3 Å². The first-order chi connectivity index (χ1) is 8.99. The number of fused-ring (bicyclic) bond motifs is 1. The predicted octanol–water partition coefficient (Wildman–Crippen LogP) is 2.32. The lowest BCUT2D eigenvalue weighted by Crippen LogP contribution is -2.40. The fraction of sp³-hybridized carbons (Fsp3) is 0.333. The molecular weight excluding hydrogens is 289 g/mol. The Morgan fingerprint density at radius 2 is 2.26 bits per heavy atom. The fourth-order valence-corrected chi connectivity index (χ4v) is 2.19. The topological polar surface area (TPSA) is 67.9 Å². The van der Waals surface area contributed by atoms with E-state index in [4.69, 9.17) is 33.7 Å². The Hall–Kier alpha value is -1.46. The lowest BCUT2D eigenvalue weighted by atomic mass is 10.1. The third-order valence-corrected chi connectivity index (χ3v) is 3.59. The van der Waals surface area contributed by atoms with Crippen LogP contribution in [0.5, 0.6) is 0 Å². The maximum Gasteiger partial charge on any atom is 0.302 e. The normalized spacial score (nSPS) is 13.8. The Labute approximate surface area is 120 Å². The molecule has 0 unspecified atom stereocenters. The van der Waals surface area contributed by atoms with Crippen molar-refractivity contribution in [1.29, 1.82) is 0 Å². The number of nitrogens with zero attached hydrogens (tertiary/aromatic N) is 2. The summed E-state index contributed by atoms with van der Waals surface area (Å²) in [6.07, 6.45) is 0. The molecule has 1 aliphatic rings. The molecule has 0 amide bonds. The Balaban J connectivity index is 2.15. The monoisotopic (exact) mass is 301 g/mol. The summed E-state index contributed by atoms with van der Waals surface area (Å²) in [7, 11) is 0. The van der Waals surface area contributed by atoms with Crippen molar-refractivity contribution in [2.75, 3.05) is 13.2 Å². The zero-order chi connectivity index (χ0) is 14.0. The van der Waals surface area contributed by atoms with E-state index in [2.05, 4.69) is 4.99 Å². The molecule has 0 bridgehead atoms. The van der Waals surface area contributed by atoms with Crippen molar-refractivity contribution < 1.29 is 9.53 Å². The number of hydrogen-bond donors (Lipinski definition) is 1. The molecule has 2 N–H and O–H groups in total. The van der Waals surface area contributed by atoms with Crippen LogP contribution in [0.2, 0.25) is 10.0 Å². The lowest BCUT2D eigenvalue weighted by Gasteiger charge is -2.28. The molecule has 2 rings (SSSR count). The number of rotatable bonds is 3. The molecule has 1 aliphatic heterocycles. The van der Waals surface area contributed by atoms with E-state index in [-0.39, 0.29) is 12.6 Å². The molecule has 1 aromatic carbocycles. The summed E-state index contributed by atoms with van der Waals surface area (Å²) < 4.78 is 4.88. The molecule has 0 aromatic heterocycles. The third kappa shape index (κ3) is 3.11. The van der Waals surface area contributed by atoms with Crippen LogP contribution in [0.3, 0.4) is 0 Å². The first-order valence-corrected chi connectivity index (χ1v) is 6.44. The summed E-state index contributed by atoms with van der Waals surface area (Å²) in [5, 5.41) is 0.962. The number of halogens is 2. The number of esters is 1. The van der Waals surface area contributed by atoms with E-state index < -0.39 is 0 Å². The molecule has 1 aromatic rings. The number of hydrogen-bond acceptors (Lipinski definition) is 5. The quantitative estimate of drug-likeness (QED) is 0.870. The van der Waals surface area contributed by atoms with Crippen LogP contribution in [-0.2, 0) is 16.1 Å². The van der Waals surface area contributed by atoms with Gasteiger partial charge in [0.15, 0.2) is 5.96 Å². The number of benzene rings is 1. The van der Waals surface area contributed by atoms with Gasteiger partial charge in [0.1, 0.15) is 6.61 Å². The molecule has 0 spiro atoms. The summed E-state index contributed by atoms with van der Waals surface area (Å²) >= 11 is 12.1. The summed E-state index contributed by atoms with van der Waals surface area (Å²) in [5.74, 6) is 0.0482. The highest BCUT2D eigenvalue weighted by atomic mass is 35.5. The molecule has 0 saturated heterocycles. The van der Waals surface area contributed by atoms with E-state index >= 15 is 0 Å². The molecule has 0 radical (unpaired) electrons. The molecular formula is C12H13Cl2N3O2. The number of guanidine groups is 1. The molecule has 19 heavy (non-hydrogen) atoms. The minimum Gasteiger partial charge on any atom is -0.464 e. The minimum atomic E-state index is -0.325. The maximum atomic E-state index is 10.7. The SMILES string of the molecule is CC(=O)OCCN1Cc2c(ccc(Cl)c2Cl)N=C1N. The first-order valence-electron chi connectivity index (χ1n) is 5.68. The Morgan fingerprint density at radius 1 is 1.53 bits per heavy atom. The average Bonchev–Trinajstić information content (AvgIpc) is 2.35. The van der Waals surface area contributed by atoms with Crippen LogP contribution in [0.1, 0.15) is 12.5 Å².